The smallest absolute Gasteiger partial charge is 0.183 e. The lowest BCUT2D eigenvalue weighted by molar-refractivity contribution is -0.791. The normalized spacial score (nSPS) is 15.6. The Labute approximate surface area is 200 Å². The van der Waals surface area contributed by atoms with Crippen LogP contribution in [0.3, 0.4) is 0 Å². The largest absolute Gasteiger partial charge is 1.00 e. The lowest BCUT2D eigenvalue weighted by Gasteiger charge is -2.07. The highest BCUT2D eigenvalue weighted by Gasteiger charge is 2.09. The van der Waals surface area contributed by atoms with Crippen LogP contribution in [0.2, 0.25) is 0 Å². The first-order valence-electron chi connectivity index (χ1n) is 13.8. The Morgan fingerprint density at radius 1 is 0.533 bits per heavy atom. The summed E-state index contributed by atoms with van der Waals surface area (Å²) < 4.78 is 0. The van der Waals surface area contributed by atoms with Crippen LogP contribution in [-0.2, 0) is 0 Å². The van der Waals surface area contributed by atoms with Gasteiger partial charge in [0.1, 0.15) is 6.54 Å². The van der Waals surface area contributed by atoms with Crippen LogP contribution >= 0.6 is 0 Å². The molecule has 0 saturated carbocycles. The lowest BCUT2D eigenvalue weighted by atomic mass is 10.0. The lowest BCUT2D eigenvalue weighted by Crippen LogP contribution is -3.09. The molecule has 0 fully saturated rings. The van der Waals surface area contributed by atoms with Crippen LogP contribution in [0.1, 0.15) is 148 Å². The van der Waals surface area contributed by atoms with Crippen molar-refractivity contribution in [1.29, 1.82) is 0 Å². The number of unbranched alkanes of at least 4 members (excludes halogenated alkanes) is 21. The van der Waals surface area contributed by atoms with Crippen molar-refractivity contribution < 1.29 is 21.9 Å². The predicted molar refractivity (Wildman–Crippen MR) is 131 cm³/mol. The van der Waals surface area contributed by atoms with Crippen LogP contribution in [-0.4, -0.2) is 26.0 Å². The van der Waals surface area contributed by atoms with E-state index in [0.29, 0.717) is 0 Å². The van der Waals surface area contributed by atoms with Crippen LogP contribution in [0.15, 0.2) is 4.99 Å². The molecular formula is C27H55BrN2. The molecule has 0 radical (unpaired) electrons. The maximum atomic E-state index is 4.31. The van der Waals surface area contributed by atoms with Gasteiger partial charge in [-0.25, -0.2) is 4.99 Å². The second-order valence-corrected chi connectivity index (χ2v) is 9.62. The molecule has 1 N–H and O–H groups in total. The summed E-state index contributed by atoms with van der Waals surface area (Å²) in [7, 11) is 0. The van der Waals surface area contributed by atoms with Crippen molar-refractivity contribution >= 4 is 6.34 Å². The molecule has 2 nitrogen and oxygen atoms in total. The van der Waals surface area contributed by atoms with Crippen LogP contribution in [0.25, 0.3) is 0 Å². The summed E-state index contributed by atoms with van der Waals surface area (Å²) >= 11 is 0. The summed E-state index contributed by atoms with van der Waals surface area (Å²) in [5.74, 6) is 0. The third-order valence-electron chi connectivity index (χ3n) is 6.69. The Balaban J connectivity index is 0.00000841. The number of aliphatic imine (C=N–C) groups is 1. The van der Waals surface area contributed by atoms with E-state index in [4.69, 9.17) is 0 Å². The highest BCUT2D eigenvalue weighted by Crippen LogP contribution is 2.15. The van der Waals surface area contributed by atoms with Crippen LogP contribution < -0.4 is 21.9 Å². The van der Waals surface area contributed by atoms with Gasteiger partial charge in [0.05, 0.1) is 13.1 Å². The molecule has 0 saturated heterocycles. The van der Waals surface area contributed by atoms with Gasteiger partial charge >= 0.3 is 0 Å². The van der Waals surface area contributed by atoms with E-state index in [1.807, 2.05) is 0 Å². The molecule has 0 aliphatic carbocycles. The van der Waals surface area contributed by atoms with Gasteiger partial charge in [0.25, 0.3) is 0 Å². The quantitative estimate of drug-likeness (QED) is 0.204. The molecule has 0 bridgehead atoms. The van der Waals surface area contributed by atoms with E-state index in [2.05, 4.69) is 18.3 Å². The number of nitrogens with zero attached hydrogens (tertiary/aromatic N) is 1. The minimum absolute atomic E-state index is 0. The van der Waals surface area contributed by atoms with Crippen molar-refractivity contribution in [2.45, 2.75) is 148 Å². The van der Waals surface area contributed by atoms with E-state index in [9.17, 15) is 0 Å². The summed E-state index contributed by atoms with van der Waals surface area (Å²) in [6.07, 6.45) is 34.4. The molecule has 1 heterocycles. The molecule has 0 aromatic heterocycles. The van der Waals surface area contributed by atoms with E-state index in [1.165, 1.54) is 154 Å². The first kappa shape index (κ1) is 30.1. The minimum atomic E-state index is 0. The Hall–Kier alpha value is 0.110. The van der Waals surface area contributed by atoms with Gasteiger partial charge in [-0.1, -0.05) is 135 Å². The van der Waals surface area contributed by atoms with E-state index >= 15 is 0 Å². The second-order valence-electron chi connectivity index (χ2n) is 9.62. The van der Waals surface area contributed by atoms with Crippen LogP contribution in [0.5, 0.6) is 0 Å². The maximum Gasteiger partial charge on any atom is 0.183 e. The summed E-state index contributed by atoms with van der Waals surface area (Å²) in [6, 6.07) is 0. The number of rotatable bonds is 23. The number of hydrogen-bond donors (Lipinski definition) is 1. The first-order chi connectivity index (χ1) is 14.4. The Kier molecular flexibility index (Phi) is 25.5. The maximum absolute atomic E-state index is 4.31. The Morgan fingerprint density at radius 2 is 0.867 bits per heavy atom. The molecule has 1 atom stereocenters. The van der Waals surface area contributed by atoms with E-state index < -0.39 is 0 Å². The number of halogens is 1. The van der Waals surface area contributed by atoms with Gasteiger partial charge in [-0.3, -0.25) is 4.90 Å². The predicted octanol–water partition coefficient (Wildman–Crippen LogP) is 4.52. The average molecular weight is 488 g/mol. The van der Waals surface area contributed by atoms with Crippen molar-refractivity contribution in [3.05, 3.63) is 0 Å². The average Bonchev–Trinajstić information content (AvgIpc) is 3.25. The third-order valence-corrected chi connectivity index (χ3v) is 6.69. The molecule has 1 unspecified atom stereocenters. The van der Waals surface area contributed by atoms with Gasteiger partial charge in [0, 0.05) is 0 Å². The summed E-state index contributed by atoms with van der Waals surface area (Å²) in [4.78, 5) is 5.91. The molecule has 0 amide bonds. The fourth-order valence-corrected chi connectivity index (χ4v) is 4.62. The van der Waals surface area contributed by atoms with Gasteiger partial charge in [0.15, 0.2) is 6.34 Å². The highest BCUT2D eigenvalue weighted by atomic mass is 79.9. The minimum Gasteiger partial charge on any atom is -1.00 e. The van der Waals surface area contributed by atoms with E-state index in [-0.39, 0.29) is 17.0 Å². The Bertz CT molecular complexity index is 346. The number of quaternary nitrogens is 1. The Morgan fingerprint density at radius 3 is 1.17 bits per heavy atom. The molecule has 1 aliphatic rings. The molecule has 0 aromatic carbocycles. The first-order valence-corrected chi connectivity index (χ1v) is 13.8. The van der Waals surface area contributed by atoms with Gasteiger partial charge in [-0.05, 0) is 12.8 Å². The SMILES string of the molecule is CCCCCCCCCCCCCCCCCCCCCCCC[NH+]1C=NCC1.[Br-]. The van der Waals surface area contributed by atoms with Gasteiger partial charge < -0.3 is 17.0 Å². The van der Waals surface area contributed by atoms with Crippen molar-refractivity contribution in [3.63, 3.8) is 0 Å². The van der Waals surface area contributed by atoms with E-state index in [0.717, 1.165) is 6.54 Å². The topological polar surface area (TPSA) is 16.8 Å². The second kappa shape index (κ2) is 25.4. The fraction of sp³-hybridized carbons (Fsp3) is 0.963. The molecule has 1 aliphatic heterocycles. The molecule has 0 aromatic rings. The number of hydrogen-bond acceptors (Lipinski definition) is 1. The molecule has 0 spiro atoms. The van der Waals surface area contributed by atoms with Crippen LogP contribution in [0, 0.1) is 0 Å². The van der Waals surface area contributed by atoms with Gasteiger partial charge in [0.2, 0.25) is 0 Å². The summed E-state index contributed by atoms with van der Waals surface area (Å²) in [6.45, 7) is 5.90. The molecule has 180 valence electrons. The molecule has 3 heteroatoms. The zero-order chi connectivity index (χ0) is 20.7. The zero-order valence-electron chi connectivity index (χ0n) is 20.6. The summed E-state index contributed by atoms with van der Waals surface area (Å²) in [5, 5.41) is 0. The van der Waals surface area contributed by atoms with Crippen molar-refractivity contribution in [2.75, 3.05) is 19.6 Å². The molecule has 1 rings (SSSR count). The van der Waals surface area contributed by atoms with Crippen LogP contribution in [0.4, 0.5) is 0 Å². The van der Waals surface area contributed by atoms with Crippen molar-refractivity contribution in [2.24, 2.45) is 4.99 Å². The zero-order valence-corrected chi connectivity index (χ0v) is 22.2. The van der Waals surface area contributed by atoms with Gasteiger partial charge in [-0.2, -0.15) is 0 Å². The fourth-order valence-electron chi connectivity index (χ4n) is 4.62. The van der Waals surface area contributed by atoms with Crippen molar-refractivity contribution in [3.8, 4) is 0 Å². The monoisotopic (exact) mass is 486 g/mol. The van der Waals surface area contributed by atoms with E-state index in [1.54, 1.807) is 4.90 Å². The highest BCUT2D eigenvalue weighted by molar-refractivity contribution is 5.44. The van der Waals surface area contributed by atoms with Gasteiger partial charge in [-0.15, -0.1) is 0 Å². The summed E-state index contributed by atoms with van der Waals surface area (Å²) in [5.41, 5.74) is 0. The van der Waals surface area contributed by atoms with Crippen molar-refractivity contribution in [1.82, 2.24) is 0 Å². The molecule has 30 heavy (non-hydrogen) atoms. The number of nitrogens with one attached hydrogen (secondary N) is 1. The molecular weight excluding hydrogens is 432 g/mol. The third kappa shape index (κ3) is 21.3. The standard InChI is InChI=1S/C27H54N2.BrH/c1-2-3-4-5-6-7-8-9-10-11-12-13-14-15-16-17-18-19-20-21-22-23-25-29-26-24-28-27-29;/h27H,2-26H2,1H3;1H.